The summed E-state index contributed by atoms with van der Waals surface area (Å²) < 4.78 is 5.48. The molecule has 0 rings (SSSR count). The number of rotatable bonds is 3. The van der Waals surface area contributed by atoms with E-state index in [0.717, 1.165) is 6.04 Å². The maximum Gasteiger partial charge on any atom is 2.00 e. The van der Waals surface area contributed by atoms with Crippen molar-refractivity contribution in [3.63, 3.8) is 0 Å². The minimum absolute atomic E-state index is 0. The number of halogens is 1. The van der Waals surface area contributed by atoms with Gasteiger partial charge in [-0.25, -0.2) is 0 Å². The molecule has 0 N–H and O–H groups in total. The zero-order valence-electron chi connectivity index (χ0n) is 7.06. The molecule has 0 heterocycles. The maximum absolute atomic E-state index is 5.48. The van der Waals surface area contributed by atoms with Crippen molar-refractivity contribution in [2.24, 2.45) is 0 Å². The van der Waals surface area contributed by atoms with Crippen molar-refractivity contribution in [1.82, 2.24) is 0 Å². The van der Waals surface area contributed by atoms with Gasteiger partial charge in [-0.3, -0.25) is 0 Å². The molecule has 0 aliphatic rings. The molecule has 0 aromatic carbocycles. The van der Waals surface area contributed by atoms with Crippen LogP contribution in [0.5, 0.6) is 0 Å². The molecule has 0 spiro atoms. The molecule has 0 aliphatic carbocycles. The predicted molar refractivity (Wildman–Crippen MR) is 45.2 cm³/mol. The molecule has 0 aromatic rings. The van der Waals surface area contributed by atoms with Crippen LogP contribution in [-0.2, 0) is 4.43 Å². The van der Waals surface area contributed by atoms with Gasteiger partial charge >= 0.3 is 23.1 Å². The Hall–Kier alpha value is 1.42. The molecule has 0 bridgehead atoms. The van der Waals surface area contributed by atoms with Gasteiger partial charge in [0.2, 0.25) is 0 Å². The predicted octanol–water partition coefficient (Wildman–Crippen LogP) is -1.78. The van der Waals surface area contributed by atoms with Crippen LogP contribution < -0.4 is 17.0 Å². The third-order valence-electron chi connectivity index (χ3n) is 0.911. The zero-order chi connectivity index (χ0) is 6.57. The maximum atomic E-state index is 5.48. The summed E-state index contributed by atoms with van der Waals surface area (Å²) in [6, 6.07) is 0.998. The number of hydrogen-bond donors (Lipinski definition) is 0. The van der Waals surface area contributed by atoms with E-state index < -0.39 is 9.04 Å². The molecule has 0 aromatic heterocycles. The summed E-state index contributed by atoms with van der Waals surface area (Å²) in [7, 11) is -0.850. The van der Waals surface area contributed by atoms with Crippen LogP contribution in [0, 0.1) is 6.92 Å². The van der Waals surface area contributed by atoms with Crippen LogP contribution in [0.2, 0.25) is 12.6 Å². The SMILES string of the molecule is [Br-].[CH2-]C[SiH](C)OC(C)C.[Mg+2]. The molecule has 0 aliphatic heterocycles. The Balaban J connectivity index is -0.000000245. The minimum Gasteiger partial charge on any atom is -1.00 e. The molecule has 0 fully saturated rings. The van der Waals surface area contributed by atoms with Crippen molar-refractivity contribution in [3.8, 4) is 0 Å². The molecule has 1 nitrogen and oxygen atoms in total. The van der Waals surface area contributed by atoms with Gasteiger partial charge in [0.25, 0.3) is 0 Å². The first-order chi connectivity index (χ1) is 3.66. The molecular weight excluding hydrogens is 220 g/mol. The smallest absolute Gasteiger partial charge is 1.00 e. The van der Waals surface area contributed by atoms with Crippen molar-refractivity contribution in [1.29, 1.82) is 0 Å². The summed E-state index contributed by atoms with van der Waals surface area (Å²) in [5.74, 6) is 0. The van der Waals surface area contributed by atoms with Crippen LogP contribution in [0.15, 0.2) is 0 Å². The van der Waals surface area contributed by atoms with E-state index >= 15 is 0 Å². The summed E-state index contributed by atoms with van der Waals surface area (Å²) in [5.41, 5.74) is 0. The Labute approximate surface area is 92.6 Å². The zero-order valence-corrected chi connectivity index (χ0v) is 11.2. The fourth-order valence-corrected chi connectivity index (χ4v) is 1.60. The van der Waals surface area contributed by atoms with Gasteiger partial charge < -0.3 is 28.3 Å². The van der Waals surface area contributed by atoms with E-state index in [1.54, 1.807) is 0 Å². The van der Waals surface area contributed by atoms with Gasteiger partial charge in [-0.2, -0.15) is 6.04 Å². The molecular formula is C6H15BrMgOSi. The molecule has 0 radical (unpaired) electrons. The monoisotopic (exact) mass is 234 g/mol. The van der Waals surface area contributed by atoms with Crippen molar-refractivity contribution in [3.05, 3.63) is 6.92 Å². The third-order valence-corrected chi connectivity index (χ3v) is 2.73. The van der Waals surface area contributed by atoms with Crippen molar-refractivity contribution >= 4 is 32.1 Å². The summed E-state index contributed by atoms with van der Waals surface area (Å²) in [6.45, 7) is 10.1. The van der Waals surface area contributed by atoms with Crippen LogP contribution in [0.4, 0.5) is 0 Å². The second-order valence-electron chi connectivity index (χ2n) is 2.28. The van der Waals surface area contributed by atoms with Gasteiger partial charge in [0.1, 0.15) is 9.04 Å². The first kappa shape index (κ1) is 17.5. The van der Waals surface area contributed by atoms with Crippen LogP contribution in [0.3, 0.4) is 0 Å². The molecule has 4 heteroatoms. The van der Waals surface area contributed by atoms with E-state index in [2.05, 4.69) is 27.3 Å². The van der Waals surface area contributed by atoms with Gasteiger partial charge in [0.05, 0.1) is 0 Å². The topological polar surface area (TPSA) is 9.23 Å². The standard InChI is InChI=1S/C6H15OSi.BrH.Mg/c1-5-8(4)7-6(2)3;;/h6,8H,1,5H2,2-4H3;1H;/q-1;;+2/p-1. The molecule has 1 atom stereocenters. The molecule has 1 unspecified atom stereocenters. The first-order valence-corrected chi connectivity index (χ1v) is 5.55. The second kappa shape index (κ2) is 10.4. The van der Waals surface area contributed by atoms with Gasteiger partial charge in [-0.15, -0.1) is 0 Å². The van der Waals surface area contributed by atoms with E-state index in [4.69, 9.17) is 4.43 Å². The Kier molecular flexibility index (Phi) is 18.2. The van der Waals surface area contributed by atoms with Gasteiger partial charge in [-0.1, -0.05) is 6.55 Å². The Morgan fingerprint density at radius 3 is 2.00 bits per heavy atom. The van der Waals surface area contributed by atoms with Crippen LogP contribution in [0.25, 0.3) is 0 Å². The fourth-order valence-electron chi connectivity index (χ4n) is 0.533. The quantitative estimate of drug-likeness (QED) is 0.415. The average molecular weight is 235 g/mol. The summed E-state index contributed by atoms with van der Waals surface area (Å²) in [6.07, 6.45) is 0.401. The van der Waals surface area contributed by atoms with Crippen molar-refractivity contribution in [2.75, 3.05) is 0 Å². The van der Waals surface area contributed by atoms with E-state index in [-0.39, 0.29) is 40.0 Å². The van der Waals surface area contributed by atoms with Crippen LogP contribution in [0.1, 0.15) is 13.8 Å². The number of hydrogen-bond acceptors (Lipinski definition) is 1. The van der Waals surface area contributed by atoms with E-state index in [1.807, 2.05) is 0 Å². The van der Waals surface area contributed by atoms with E-state index in [9.17, 15) is 0 Å². The van der Waals surface area contributed by atoms with Gasteiger partial charge in [0, 0.05) is 6.10 Å². The van der Waals surface area contributed by atoms with Gasteiger partial charge in [0.15, 0.2) is 0 Å². The summed E-state index contributed by atoms with van der Waals surface area (Å²) in [5, 5.41) is 0. The van der Waals surface area contributed by atoms with Crippen LogP contribution in [-0.4, -0.2) is 38.2 Å². The Bertz CT molecular complexity index is 63.7. The summed E-state index contributed by atoms with van der Waals surface area (Å²) >= 11 is 0. The first-order valence-electron chi connectivity index (χ1n) is 3.11. The normalized spacial score (nSPS) is 11.7. The van der Waals surface area contributed by atoms with Crippen LogP contribution >= 0.6 is 0 Å². The largest absolute Gasteiger partial charge is 2.00 e. The molecule has 10 heavy (non-hydrogen) atoms. The minimum atomic E-state index is -0.850. The van der Waals surface area contributed by atoms with E-state index in [0.29, 0.717) is 6.10 Å². The fraction of sp³-hybridized carbons (Fsp3) is 0.833. The van der Waals surface area contributed by atoms with E-state index in [1.165, 1.54) is 0 Å². The Morgan fingerprint density at radius 1 is 1.50 bits per heavy atom. The third kappa shape index (κ3) is 12.1. The van der Waals surface area contributed by atoms with Crippen molar-refractivity contribution in [2.45, 2.75) is 32.5 Å². The molecule has 0 saturated heterocycles. The molecule has 58 valence electrons. The Morgan fingerprint density at radius 2 is 1.90 bits per heavy atom. The van der Waals surface area contributed by atoms with Crippen molar-refractivity contribution < 1.29 is 21.4 Å². The van der Waals surface area contributed by atoms with Gasteiger partial charge in [-0.05, 0) is 13.8 Å². The second-order valence-corrected chi connectivity index (χ2v) is 4.75. The summed E-state index contributed by atoms with van der Waals surface area (Å²) in [4.78, 5) is 0. The average Bonchev–Trinajstić information content (AvgIpc) is 1.65. The molecule has 0 saturated carbocycles. The molecule has 0 amide bonds.